The predicted molar refractivity (Wildman–Crippen MR) is 110 cm³/mol. The van der Waals surface area contributed by atoms with E-state index in [0.29, 0.717) is 41.3 Å². The lowest BCUT2D eigenvalue weighted by molar-refractivity contribution is -0.137. The predicted octanol–water partition coefficient (Wildman–Crippen LogP) is 3.94. The second-order valence-corrected chi connectivity index (χ2v) is 8.02. The summed E-state index contributed by atoms with van der Waals surface area (Å²) in [5.41, 5.74) is 3.02. The van der Waals surface area contributed by atoms with Gasteiger partial charge in [0.2, 0.25) is 0 Å². The molecule has 6 nitrogen and oxygen atoms in total. The van der Waals surface area contributed by atoms with Gasteiger partial charge in [0, 0.05) is 37.6 Å². The van der Waals surface area contributed by atoms with Crippen LogP contribution in [0.2, 0.25) is 0 Å². The van der Waals surface area contributed by atoms with Gasteiger partial charge in [0.05, 0.1) is 11.1 Å². The second-order valence-electron chi connectivity index (χ2n) is 8.02. The monoisotopic (exact) mass is 427 g/mol. The van der Waals surface area contributed by atoms with Crippen LogP contribution in [0.1, 0.15) is 47.2 Å². The number of nitrogens with zero attached hydrogens (tertiary/aromatic N) is 5. The van der Waals surface area contributed by atoms with Crippen LogP contribution >= 0.6 is 0 Å². The highest BCUT2D eigenvalue weighted by molar-refractivity contribution is 5.67. The molecule has 4 heterocycles. The van der Waals surface area contributed by atoms with Gasteiger partial charge in [0.1, 0.15) is 0 Å². The van der Waals surface area contributed by atoms with E-state index in [4.69, 9.17) is 0 Å². The van der Waals surface area contributed by atoms with Gasteiger partial charge in [-0.15, -0.1) is 5.10 Å². The van der Waals surface area contributed by atoms with Crippen LogP contribution in [0.3, 0.4) is 0 Å². The molecule has 0 unspecified atom stereocenters. The van der Waals surface area contributed by atoms with Gasteiger partial charge < -0.3 is 4.90 Å². The van der Waals surface area contributed by atoms with Crippen molar-refractivity contribution in [1.82, 2.24) is 19.6 Å². The van der Waals surface area contributed by atoms with Crippen molar-refractivity contribution in [2.45, 2.75) is 45.3 Å². The van der Waals surface area contributed by atoms with Crippen molar-refractivity contribution in [2.24, 2.45) is 0 Å². The maximum absolute atomic E-state index is 13.1. The summed E-state index contributed by atoms with van der Waals surface area (Å²) < 4.78 is 40.6. The third-order valence-electron chi connectivity index (χ3n) is 5.91. The van der Waals surface area contributed by atoms with Crippen LogP contribution in [0, 0.1) is 6.92 Å². The summed E-state index contributed by atoms with van der Waals surface area (Å²) in [5, 5.41) is 4.57. The molecule has 0 amide bonds. The molecule has 31 heavy (non-hydrogen) atoms. The Balaban J connectivity index is 1.55. The first-order valence-electron chi connectivity index (χ1n) is 10.2. The summed E-state index contributed by atoms with van der Waals surface area (Å²) in [6.07, 6.45) is 3.44. The smallest absolute Gasteiger partial charge is 0.350 e. The molecule has 0 saturated heterocycles. The topological polar surface area (TPSA) is 63.4 Å². The third-order valence-corrected chi connectivity index (χ3v) is 5.91. The molecule has 1 aliphatic heterocycles. The lowest BCUT2D eigenvalue weighted by atomic mass is 10.0. The van der Waals surface area contributed by atoms with Crippen LogP contribution in [-0.4, -0.2) is 26.1 Å². The number of aromatic nitrogens is 4. The molecule has 5 rings (SSSR count). The number of fused-ring (bicyclic) bond motifs is 2. The van der Waals surface area contributed by atoms with Gasteiger partial charge in [-0.2, -0.15) is 17.7 Å². The van der Waals surface area contributed by atoms with E-state index < -0.39 is 11.7 Å². The summed E-state index contributed by atoms with van der Waals surface area (Å²) in [6, 6.07) is 2.94. The van der Waals surface area contributed by atoms with E-state index in [2.05, 4.69) is 21.1 Å². The molecule has 160 valence electrons. The molecule has 9 heteroatoms. The Morgan fingerprint density at radius 3 is 2.68 bits per heavy atom. The number of anilines is 1. The minimum atomic E-state index is -4.44. The molecule has 2 aliphatic rings. The highest BCUT2D eigenvalue weighted by Crippen LogP contribution is 2.32. The zero-order valence-corrected chi connectivity index (χ0v) is 16.9. The van der Waals surface area contributed by atoms with Crippen LogP contribution in [0.4, 0.5) is 19.0 Å². The van der Waals surface area contributed by atoms with Gasteiger partial charge in [0.25, 0.3) is 5.56 Å². The van der Waals surface area contributed by atoms with Crippen molar-refractivity contribution in [1.29, 1.82) is 0 Å². The second kappa shape index (κ2) is 7.18. The number of allylic oxidation sites excluding steroid dienone is 2. The molecule has 0 spiro atoms. The number of halogens is 3. The van der Waals surface area contributed by atoms with Crippen molar-refractivity contribution < 1.29 is 13.2 Å². The molecule has 0 radical (unpaired) electrons. The molecule has 1 aliphatic carbocycles. The first-order chi connectivity index (χ1) is 14.8. The summed E-state index contributed by atoms with van der Waals surface area (Å²) in [5.74, 6) is 0.567. The van der Waals surface area contributed by atoms with E-state index in [-0.39, 0.29) is 12.1 Å². The first kappa shape index (κ1) is 19.7. The van der Waals surface area contributed by atoms with E-state index >= 15 is 0 Å². The minimum absolute atomic E-state index is 0.224. The molecule has 3 aromatic heterocycles. The van der Waals surface area contributed by atoms with Gasteiger partial charge in [-0.3, -0.25) is 9.78 Å². The molecular formula is C22H20F3N5O. The van der Waals surface area contributed by atoms with Gasteiger partial charge >= 0.3 is 6.18 Å². The Hall–Kier alpha value is -3.23. The third kappa shape index (κ3) is 3.47. The van der Waals surface area contributed by atoms with Gasteiger partial charge in [-0.05, 0) is 55.0 Å². The maximum Gasteiger partial charge on any atom is 0.417 e. The number of pyridine rings is 1. The highest BCUT2D eigenvalue weighted by atomic mass is 19.4. The molecule has 0 atom stereocenters. The molecule has 0 aromatic carbocycles. The molecule has 0 fully saturated rings. The average Bonchev–Trinajstić information content (AvgIpc) is 3.27. The van der Waals surface area contributed by atoms with Crippen LogP contribution in [-0.2, 0) is 19.1 Å². The summed E-state index contributed by atoms with van der Waals surface area (Å²) in [4.78, 5) is 23.4. The van der Waals surface area contributed by atoms with Gasteiger partial charge in [-0.1, -0.05) is 6.08 Å². The van der Waals surface area contributed by atoms with Crippen molar-refractivity contribution >= 4 is 17.0 Å². The fraction of sp³-hybridized carbons (Fsp3) is 0.364. The number of aryl methyl sites for hydroxylation is 1. The van der Waals surface area contributed by atoms with E-state index in [1.54, 1.807) is 12.3 Å². The average molecular weight is 427 g/mol. The van der Waals surface area contributed by atoms with E-state index in [1.807, 2.05) is 11.8 Å². The summed E-state index contributed by atoms with van der Waals surface area (Å²) in [7, 11) is 0. The quantitative estimate of drug-likeness (QED) is 0.620. The zero-order valence-electron chi connectivity index (χ0n) is 16.9. The number of rotatable bonds is 2. The summed E-state index contributed by atoms with van der Waals surface area (Å²) >= 11 is 0. The first-order valence-corrected chi connectivity index (χ1v) is 10.2. The van der Waals surface area contributed by atoms with E-state index in [1.165, 1.54) is 4.52 Å². The Morgan fingerprint density at radius 1 is 1.10 bits per heavy atom. The Kier molecular flexibility index (Phi) is 4.56. The minimum Gasteiger partial charge on any atom is -0.350 e. The molecular weight excluding hydrogens is 407 g/mol. The molecule has 0 N–H and O–H groups in total. The highest BCUT2D eigenvalue weighted by Gasteiger charge is 2.32. The maximum atomic E-state index is 13.1. The van der Waals surface area contributed by atoms with Gasteiger partial charge in [0.15, 0.2) is 11.5 Å². The Labute approximate surface area is 176 Å². The molecule has 0 saturated carbocycles. The number of alkyl halides is 3. The van der Waals surface area contributed by atoms with Crippen LogP contribution in [0.15, 0.2) is 35.4 Å². The number of hydrogen-bond acceptors (Lipinski definition) is 5. The van der Waals surface area contributed by atoms with E-state index in [9.17, 15) is 18.0 Å². The fourth-order valence-corrected chi connectivity index (χ4v) is 4.30. The SMILES string of the molecule is Cc1cc2ncc(C3=CCCC3)c(=O)n2nc1N1CCc2ncc(C(F)(F)F)cc2C1. The molecule has 3 aromatic rings. The Bertz CT molecular complexity index is 1280. The lowest BCUT2D eigenvalue weighted by Crippen LogP contribution is -2.34. The summed E-state index contributed by atoms with van der Waals surface area (Å²) in [6.45, 7) is 2.66. The van der Waals surface area contributed by atoms with Gasteiger partial charge in [-0.25, -0.2) is 4.98 Å². The van der Waals surface area contributed by atoms with Crippen LogP contribution in [0.25, 0.3) is 11.2 Å². The van der Waals surface area contributed by atoms with Crippen molar-refractivity contribution in [3.8, 4) is 0 Å². The van der Waals surface area contributed by atoms with Crippen molar-refractivity contribution in [3.05, 3.63) is 68.9 Å². The fourth-order valence-electron chi connectivity index (χ4n) is 4.30. The Morgan fingerprint density at radius 2 is 1.94 bits per heavy atom. The zero-order chi connectivity index (χ0) is 21.8. The van der Waals surface area contributed by atoms with E-state index in [0.717, 1.165) is 42.7 Å². The normalized spacial score (nSPS) is 16.5. The van der Waals surface area contributed by atoms with Crippen molar-refractivity contribution in [2.75, 3.05) is 11.4 Å². The number of hydrogen-bond donors (Lipinski definition) is 0. The van der Waals surface area contributed by atoms with Crippen LogP contribution < -0.4 is 10.5 Å². The largest absolute Gasteiger partial charge is 0.417 e. The molecule has 0 bridgehead atoms. The standard InChI is InChI=1S/C22H20F3N5O/c1-13-8-19-27-11-17(14-4-2-3-5-14)21(31)30(19)28-20(13)29-7-6-18-15(12-29)9-16(10-26-18)22(23,24)25/h4,8-11H,2-3,5-7,12H2,1H3. The van der Waals surface area contributed by atoms with Crippen LogP contribution in [0.5, 0.6) is 0 Å². The van der Waals surface area contributed by atoms with Crippen molar-refractivity contribution in [3.63, 3.8) is 0 Å². The lowest BCUT2D eigenvalue weighted by Gasteiger charge is -2.30.